The molecule has 23 heavy (non-hydrogen) atoms. The monoisotopic (exact) mass is 336 g/mol. The molecule has 2 heterocycles. The number of ether oxygens (including phenoxy) is 1. The summed E-state index contributed by atoms with van der Waals surface area (Å²) in [4.78, 5) is 8.78. The van der Waals surface area contributed by atoms with E-state index in [0.717, 1.165) is 51.3 Å². The van der Waals surface area contributed by atoms with Gasteiger partial charge in [-0.15, -0.1) is 11.3 Å². The van der Waals surface area contributed by atoms with Gasteiger partial charge in [0.15, 0.2) is 5.96 Å². The summed E-state index contributed by atoms with van der Waals surface area (Å²) in [5.74, 6) is 1.72. The van der Waals surface area contributed by atoms with E-state index in [1.54, 1.807) is 0 Å². The molecule has 6 heteroatoms. The lowest BCUT2D eigenvalue weighted by molar-refractivity contribution is 0.0186. The lowest BCUT2D eigenvalue weighted by Gasteiger charge is -2.33. The average molecular weight is 337 g/mol. The summed E-state index contributed by atoms with van der Waals surface area (Å²) < 4.78 is 5.51. The molecule has 1 aromatic rings. The van der Waals surface area contributed by atoms with Crippen LogP contribution in [0.5, 0.6) is 0 Å². The van der Waals surface area contributed by atoms with Gasteiger partial charge in [0.1, 0.15) is 0 Å². The first-order chi connectivity index (χ1) is 11.3. The number of hydrogen-bond donors (Lipinski definition) is 2. The van der Waals surface area contributed by atoms with Crippen molar-refractivity contribution in [1.82, 2.24) is 15.5 Å². The van der Waals surface area contributed by atoms with Crippen LogP contribution in [0.3, 0.4) is 0 Å². The minimum Gasteiger partial charge on any atom is -0.379 e. The molecule has 0 radical (unpaired) electrons. The number of rotatable bonds is 6. The van der Waals surface area contributed by atoms with Crippen LogP contribution in [0.2, 0.25) is 0 Å². The van der Waals surface area contributed by atoms with Gasteiger partial charge < -0.3 is 15.4 Å². The molecule has 2 N–H and O–H groups in total. The molecule has 0 bridgehead atoms. The first kappa shape index (κ1) is 16.7. The molecule has 0 spiro atoms. The number of nitrogens with zero attached hydrogens (tertiary/aromatic N) is 2. The fraction of sp³-hybridized carbons (Fsp3) is 0.706. The number of guanidine groups is 1. The Morgan fingerprint density at radius 3 is 2.87 bits per heavy atom. The highest BCUT2D eigenvalue weighted by molar-refractivity contribution is 7.10. The molecule has 3 rings (SSSR count). The summed E-state index contributed by atoms with van der Waals surface area (Å²) in [6.07, 6.45) is 1.25. The molecule has 1 saturated carbocycles. The summed E-state index contributed by atoms with van der Waals surface area (Å²) >= 11 is 1.82. The molecular weight excluding hydrogens is 308 g/mol. The Morgan fingerprint density at radius 1 is 1.48 bits per heavy atom. The normalized spacial score (nSPS) is 26.8. The zero-order valence-electron chi connectivity index (χ0n) is 14.1. The highest BCUT2D eigenvalue weighted by Gasteiger charge is 2.33. The summed E-state index contributed by atoms with van der Waals surface area (Å²) in [5.41, 5.74) is 0. The van der Waals surface area contributed by atoms with Crippen LogP contribution in [-0.4, -0.2) is 56.3 Å². The van der Waals surface area contributed by atoms with E-state index in [0.29, 0.717) is 12.1 Å². The number of nitrogens with one attached hydrogen (secondary N) is 2. The van der Waals surface area contributed by atoms with Crippen molar-refractivity contribution in [1.29, 1.82) is 0 Å². The molecule has 1 aliphatic heterocycles. The van der Waals surface area contributed by atoms with Crippen molar-refractivity contribution in [2.75, 3.05) is 39.4 Å². The molecule has 2 aliphatic rings. The van der Waals surface area contributed by atoms with Crippen molar-refractivity contribution in [2.24, 2.45) is 10.9 Å². The number of morpholine rings is 1. The summed E-state index contributed by atoms with van der Waals surface area (Å²) in [7, 11) is 0. The SMILES string of the molecule is CCNC(=NCC(c1cccs1)N1CCOCC1)NC1CC1C. The van der Waals surface area contributed by atoms with Gasteiger partial charge in [0.05, 0.1) is 25.8 Å². The number of aliphatic imine (C=N–C) groups is 1. The summed E-state index contributed by atoms with van der Waals surface area (Å²) in [5, 5.41) is 9.08. The van der Waals surface area contributed by atoms with Gasteiger partial charge in [-0.3, -0.25) is 9.89 Å². The topological polar surface area (TPSA) is 48.9 Å². The van der Waals surface area contributed by atoms with Crippen molar-refractivity contribution in [2.45, 2.75) is 32.4 Å². The standard InChI is InChI=1S/C17H28N4OS/c1-3-18-17(20-14-11-13(14)2)19-12-15(16-5-4-10-23-16)21-6-8-22-9-7-21/h4-5,10,13-15H,3,6-9,11-12H2,1-2H3,(H2,18,19,20). The zero-order valence-corrected chi connectivity index (χ0v) is 14.9. The largest absolute Gasteiger partial charge is 0.379 e. The van der Waals surface area contributed by atoms with Crippen LogP contribution in [-0.2, 0) is 4.74 Å². The molecule has 3 atom stereocenters. The second-order valence-electron chi connectivity index (χ2n) is 6.36. The van der Waals surface area contributed by atoms with E-state index in [4.69, 9.17) is 9.73 Å². The first-order valence-corrected chi connectivity index (χ1v) is 9.56. The fourth-order valence-corrected chi connectivity index (χ4v) is 3.80. The molecule has 1 saturated heterocycles. The highest BCUT2D eigenvalue weighted by atomic mass is 32.1. The van der Waals surface area contributed by atoms with Gasteiger partial charge in [0.2, 0.25) is 0 Å². The Morgan fingerprint density at radius 2 is 2.26 bits per heavy atom. The van der Waals surface area contributed by atoms with Crippen LogP contribution in [0.1, 0.15) is 31.2 Å². The second-order valence-corrected chi connectivity index (χ2v) is 7.34. The third-order valence-corrected chi connectivity index (χ3v) is 5.53. The second kappa shape index (κ2) is 8.13. The maximum Gasteiger partial charge on any atom is 0.191 e. The van der Waals surface area contributed by atoms with Gasteiger partial charge in [-0.2, -0.15) is 0 Å². The molecule has 1 aliphatic carbocycles. The minimum atomic E-state index is 0.353. The zero-order chi connectivity index (χ0) is 16.1. The Labute approximate surface area is 143 Å². The average Bonchev–Trinajstić information content (AvgIpc) is 3.03. The van der Waals surface area contributed by atoms with E-state index >= 15 is 0 Å². The van der Waals surface area contributed by atoms with E-state index in [1.165, 1.54) is 11.3 Å². The van der Waals surface area contributed by atoms with Crippen LogP contribution in [0.15, 0.2) is 22.5 Å². The van der Waals surface area contributed by atoms with Crippen LogP contribution in [0.25, 0.3) is 0 Å². The van der Waals surface area contributed by atoms with Crippen LogP contribution in [0, 0.1) is 5.92 Å². The van der Waals surface area contributed by atoms with Gasteiger partial charge in [-0.25, -0.2) is 0 Å². The van der Waals surface area contributed by atoms with Crippen molar-refractivity contribution in [3.05, 3.63) is 22.4 Å². The molecule has 0 aromatic carbocycles. The molecule has 128 valence electrons. The van der Waals surface area contributed by atoms with Crippen molar-refractivity contribution >= 4 is 17.3 Å². The van der Waals surface area contributed by atoms with E-state index < -0.39 is 0 Å². The predicted molar refractivity (Wildman–Crippen MR) is 96.1 cm³/mol. The van der Waals surface area contributed by atoms with Crippen molar-refractivity contribution < 1.29 is 4.74 Å². The van der Waals surface area contributed by atoms with Gasteiger partial charge >= 0.3 is 0 Å². The maximum atomic E-state index is 5.51. The molecule has 5 nitrogen and oxygen atoms in total. The summed E-state index contributed by atoms with van der Waals surface area (Å²) in [6.45, 7) is 9.71. The van der Waals surface area contributed by atoms with Crippen LogP contribution < -0.4 is 10.6 Å². The Bertz CT molecular complexity index is 499. The van der Waals surface area contributed by atoms with Crippen molar-refractivity contribution in [3.8, 4) is 0 Å². The quantitative estimate of drug-likeness (QED) is 0.617. The van der Waals surface area contributed by atoms with E-state index in [2.05, 4.69) is 46.9 Å². The maximum absolute atomic E-state index is 5.51. The van der Waals surface area contributed by atoms with Gasteiger partial charge in [-0.05, 0) is 30.7 Å². The Hall–Kier alpha value is -1.11. The molecule has 1 aromatic heterocycles. The first-order valence-electron chi connectivity index (χ1n) is 8.68. The lowest BCUT2D eigenvalue weighted by atomic mass is 10.2. The smallest absolute Gasteiger partial charge is 0.191 e. The van der Waals surface area contributed by atoms with E-state index in [9.17, 15) is 0 Å². The number of hydrogen-bond acceptors (Lipinski definition) is 4. The molecule has 0 amide bonds. The molecular formula is C17H28N4OS. The summed E-state index contributed by atoms with van der Waals surface area (Å²) in [6, 6.07) is 5.30. The van der Waals surface area contributed by atoms with Gasteiger partial charge in [0, 0.05) is 30.6 Å². The van der Waals surface area contributed by atoms with Crippen molar-refractivity contribution in [3.63, 3.8) is 0 Å². The molecule has 2 fully saturated rings. The Kier molecular flexibility index (Phi) is 5.91. The highest BCUT2D eigenvalue weighted by Crippen LogP contribution is 2.29. The predicted octanol–water partition coefficient (Wildman–Crippen LogP) is 2.08. The van der Waals surface area contributed by atoms with Crippen LogP contribution >= 0.6 is 11.3 Å². The fourth-order valence-electron chi connectivity index (χ4n) is 2.95. The van der Waals surface area contributed by atoms with E-state index in [1.807, 2.05) is 11.3 Å². The third kappa shape index (κ3) is 4.68. The molecule has 3 unspecified atom stereocenters. The minimum absolute atomic E-state index is 0.353. The third-order valence-electron chi connectivity index (χ3n) is 4.56. The van der Waals surface area contributed by atoms with Gasteiger partial charge in [-0.1, -0.05) is 13.0 Å². The van der Waals surface area contributed by atoms with Crippen LogP contribution in [0.4, 0.5) is 0 Å². The lowest BCUT2D eigenvalue weighted by Crippen LogP contribution is -2.42. The van der Waals surface area contributed by atoms with Gasteiger partial charge in [0.25, 0.3) is 0 Å². The Balaban J connectivity index is 1.67. The van der Waals surface area contributed by atoms with E-state index in [-0.39, 0.29) is 0 Å². The number of thiophene rings is 1.